The van der Waals surface area contributed by atoms with Crippen LogP contribution in [0.1, 0.15) is 36.5 Å². The number of nitrogens with one attached hydrogen (secondary N) is 1. The van der Waals surface area contributed by atoms with Crippen LogP contribution in [0.3, 0.4) is 0 Å². The Bertz CT molecular complexity index is 394. The lowest BCUT2D eigenvalue weighted by molar-refractivity contribution is 0.0929. The Morgan fingerprint density at radius 3 is 3.00 bits per heavy atom. The van der Waals surface area contributed by atoms with Crippen LogP contribution in [0, 0.1) is 5.92 Å². The number of amides is 1. The minimum atomic E-state index is -0.114. The van der Waals surface area contributed by atoms with Crippen molar-refractivity contribution in [2.45, 2.75) is 32.2 Å². The Morgan fingerprint density at radius 2 is 2.38 bits per heavy atom. The van der Waals surface area contributed by atoms with E-state index in [2.05, 4.69) is 17.2 Å². The van der Waals surface area contributed by atoms with E-state index in [1.807, 2.05) is 0 Å². The molecule has 1 aromatic rings. The summed E-state index contributed by atoms with van der Waals surface area (Å²) in [6, 6.07) is 1.91. The number of carbonyl (C=O) groups is 1. The minimum Gasteiger partial charge on any atom is -0.349 e. The molecule has 86 valence electrons. The van der Waals surface area contributed by atoms with Gasteiger partial charge in [0, 0.05) is 18.4 Å². The molecule has 0 saturated heterocycles. The highest BCUT2D eigenvalue weighted by molar-refractivity contribution is 6.33. The fourth-order valence-electron chi connectivity index (χ4n) is 2.15. The maximum Gasteiger partial charge on any atom is 0.254 e. The summed E-state index contributed by atoms with van der Waals surface area (Å²) in [6.07, 6.45) is 6.53. The van der Waals surface area contributed by atoms with Gasteiger partial charge >= 0.3 is 0 Å². The van der Waals surface area contributed by atoms with Gasteiger partial charge in [-0.3, -0.25) is 9.78 Å². The molecule has 1 amide bonds. The molecule has 0 spiro atoms. The number of halogens is 1. The molecule has 0 radical (unpaired) electrons. The summed E-state index contributed by atoms with van der Waals surface area (Å²) in [5.41, 5.74) is 0.461. The van der Waals surface area contributed by atoms with E-state index >= 15 is 0 Å². The predicted molar refractivity (Wildman–Crippen MR) is 63.5 cm³/mol. The highest BCUT2D eigenvalue weighted by Gasteiger charge is 2.25. The first kappa shape index (κ1) is 11.4. The highest BCUT2D eigenvalue weighted by Crippen LogP contribution is 2.25. The van der Waals surface area contributed by atoms with Gasteiger partial charge in [-0.25, -0.2) is 0 Å². The van der Waals surface area contributed by atoms with Crippen LogP contribution in [0.15, 0.2) is 18.5 Å². The van der Waals surface area contributed by atoms with Gasteiger partial charge in [0.25, 0.3) is 5.91 Å². The second-order valence-corrected chi connectivity index (χ2v) is 4.75. The number of pyridine rings is 1. The van der Waals surface area contributed by atoms with E-state index in [9.17, 15) is 4.79 Å². The SMILES string of the molecule is CC1CCCC1NC(=O)c1cnccc1Cl. The van der Waals surface area contributed by atoms with Crippen molar-refractivity contribution < 1.29 is 4.79 Å². The van der Waals surface area contributed by atoms with E-state index in [4.69, 9.17) is 11.6 Å². The zero-order valence-electron chi connectivity index (χ0n) is 9.24. The zero-order chi connectivity index (χ0) is 11.5. The summed E-state index contributed by atoms with van der Waals surface area (Å²) in [5, 5.41) is 3.48. The quantitative estimate of drug-likeness (QED) is 0.861. The fraction of sp³-hybridized carbons (Fsp3) is 0.500. The van der Waals surface area contributed by atoms with Crippen molar-refractivity contribution in [2.24, 2.45) is 5.92 Å². The Hall–Kier alpha value is -1.09. The van der Waals surface area contributed by atoms with E-state index in [0.29, 0.717) is 16.5 Å². The number of carbonyl (C=O) groups excluding carboxylic acids is 1. The van der Waals surface area contributed by atoms with Crippen molar-refractivity contribution in [2.75, 3.05) is 0 Å². The van der Waals surface area contributed by atoms with E-state index < -0.39 is 0 Å². The Morgan fingerprint density at radius 1 is 1.56 bits per heavy atom. The smallest absolute Gasteiger partial charge is 0.254 e. The van der Waals surface area contributed by atoms with Gasteiger partial charge in [-0.2, -0.15) is 0 Å². The van der Waals surface area contributed by atoms with Crippen LogP contribution in [0.2, 0.25) is 5.02 Å². The molecule has 0 aromatic carbocycles. The average Bonchev–Trinajstić information content (AvgIpc) is 2.65. The lowest BCUT2D eigenvalue weighted by atomic mass is 10.1. The maximum absolute atomic E-state index is 11.9. The van der Waals surface area contributed by atoms with Crippen molar-refractivity contribution in [1.29, 1.82) is 0 Å². The Balaban J connectivity index is 2.06. The molecule has 1 fully saturated rings. The van der Waals surface area contributed by atoms with Gasteiger partial charge in [-0.05, 0) is 24.8 Å². The molecule has 1 aliphatic rings. The average molecular weight is 239 g/mol. The van der Waals surface area contributed by atoms with Crippen molar-refractivity contribution in [1.82, 2.24) is 10.3 Å². The summed E-state index contributed by atoms with van der Waals surface area (Å²) in [5.74, 6) is 0.441. The molecule has 0 bridgehead atoms. The largest absolute Gasteiger partial charge is 0.349 e. The van der Waals surface area contributed by atoms with Gasteiger partial charge in [-0.15, -0.1) is 0 Å². The summed E-state index contributed by atoms with van der Waals surface area (Å²) in [6.45, 7) is 2.17. The van der Waals surface area contributed by atoms with E-state index in [1.54, 1.807) is 12.3 Å². The molecule has 0 aliphatic heterocycles. The maximum atomic E-state index is 11.9. The molecule has 2 atom stereocenters. The van der Waals surface area contributed by atoms with Crippen LogP contribution < -0.4 is 5.32 Å². The highest BCUT2D eigenvalue weighted by atomic mass is 35.5. The van der Waals surface area contributed by atoms with Crippen molar-refractivity contribution in [3.8, 4) is 0 Å². The summed E-state index contributed by atoms with van der Waals surface area (Å²) < 4.78 is 0. The van der Waals surface area contributed by atoms with Gasteiger partial charge < -0.3 is 5.32 Å². The van der Waals surface area contributed by atoms with Crippen molar-refractivity contribution >= 4 is 17.5 Å². The van der Waals surface area contributed by atoms with Gasteiger partial charge in [0.15, 0.2) is 0 Å². The molecule has 2 rings (SSSR count). The number of rotatable bonds is 2. The summed E-state index contributed by atoms with van der Waals surface area (Å²) in [4.78, 5) is 15.8. The van der Waals surface area contributed by atoms with Crippen LogP contribution in [0.4, 0.5) is 0 Å². The molecule has 2 unspecified atom stereocenters. The van der Waals surface area contributed by atoms with Crippen LogP contribution in [0.5, 0.6) is 0 Å². The molecular weight excluding hydrogens is 224 g/mol. The van der Waals surface area contributed by atoms with Gasteiger partial charge in [0.1, 0.15) is 0 Å². The van der Waals surface area contributed by atoms with E-state index in [1.165, 1.54) is 19.0 Å². The predicted octanol–water partition coefficient (Wildman–Crippen LogP) is 2.65. The molecule has 16 heavy (non-hydrogen) atoms. The topological polar surface area (TPSA) is 42.0 Å². The number of hydrogen-bond donors (Lipinski definition) is 1. The first-order valence-corrected chi connectivity index (χ1v) is 5.96. The molecule has 4 heteroatoms. The third-order valence-electron chi connectivity index (χ3n) is 3.19. The first-order chi connectivity index (χ1) is 7.68. The lowest BCUT2D eigenvalue weighted by Gasteiger charge is -2.17. The van der Waals surface area contributed by atoms with Crippen LogP contribution in [-0.2, 0) is 0 Å². The fourth-order valence-corrected chi connectivity index (χ4v) is 2.34. The molecule has 1 aromatic heterocycles. The van der Waals surface area contributed by atoms with E-state index in [-0.39, 0.29) is 11.9 Å². The second kappa shape index (κ2) is 4.83. The molecule has 1 N–H and O–H groups in total. The molecule has 1 aliphatic carbocycles. The molecular formula is C12H15ClN2O. The third kappa shape index (κ3) is 2.35. The second-order valence-electron chi connectivity index (χ2n) is 4.34. The van der Waals surface area contributed by atoms with Gasteiger partial charge in [0.05, 0.1) is 10.6 Å². The summed E-state index contributed by atoms with van der Waals surface area (Å²) >= 11 is 5.94. The standard InChI is InChI=1S/C12H15ClN2O/c1-8-3-2-4-11(8)15-12(16)9-7-14-6-5-10(9)13/h5-8,11H,2-4H2,1H3,(H,15,16). The number of hydrogen-bond acceptors (Lipinski definition) is 2. The minimum absolute atomic E-state index is 0.114. The molecule has 1 heterocycles. The van der Waals surface area contributed by atoms with E-state index in [0.717, 1.165) is 6.42 Å². The third-order valence-corrected chi connectivity index (χ3v) is 3.52. The van der Waals surface area contributed by atoms with Crippen LogP contribution in [-0.4, -0.2) is 16.9 Å². The summed E-state index contributed by atoms with van der Waals surface area (Å²) in [7, 11) is 0. The number of aromatic nitrogens is 1. The number of nitrogens with zero attached hydrogens (tertiary/aromatic N) is 1. The van der Waals surface area contributed by atoms with Crippen molar-refractivity contribution in [3.05, 3.63) is 29.0 Å². The Kier molecular flexibility index (Phi) is 3.44. The van der Waals surface area contributed by atoms with Crippen LogP contribution >= 0.6 is 11.6 Å². The van der Waals surface area contributed by atoms with Crippen LogP contribution in [0.25, 0.3) is 0 Å². The van der Waals surface area contributed by atoms with Gasteiger partial charge in [0.2, 0.25) is 0 Å². The zero-order valence-corrected chi connectivity index (χ0v) is 10.00. The monoisotopic (exact) mass is 238 g/mol. The lowest BCUT2D eigenvalue weighted by Crippen LogP contribution is -2.36. The Labute approximate surface area is 100 Å². The molecule has 3 nitrogen and oxygen atoms in total. The molecule has 1 saturated carbocycles. The normalized spacial score (nSPS) is 24.4. The van der Waals surface area contributed by atoms with Gasteiger partial charge in [-0.1, -0.05) is 24.9 Å². The first-order valence-electron chi connectivity index (χ1n) is 5.59. The van der Waals surface area contributed by atoms with Crippen molar-refractivity contribution in [3.63, 3.8) is 0 Å².